The normalized spacial score (nSPS) is 17.6. The molecule has 0 aliphatic carbocycles. The highest BCUT2D eigenvalue weighted by molar-refractivity contribution is 5.93. The summed E-state index contributed by atoms with van der Waals surface area (Å²) in [6, 6.07) is 1.66. The Balaban J connectivity index is 1.88. The van der Waals surface area contributed by atoms with E-state index in [1.807, 2.05) is 7.05 Å². The van der Waals surface area contributed by atoms with Gasteiger partial charge in [-0.2, -0.15) is 10.2 Å². The molecule has 8 heteroatoms. The first kappa shape index (κ1) is 13.6. The molecule has 0 radical (unpaired) electrons. The third-order valence-electron chi connectivity index (χ3n) is 3.60. The molecule has 0 aromatic carbocycles. The lowest BCUT2D eigenvalue weighted by Gasteiger charge is -2.31. The zero-order chi connectivity index (χ0) is 14.8. The predicted octanol–water partition coefficient (Wildman–Crippen LogP) is -0.00890. The fourth-order valence-corrected chi connectivity index (χ4v) is 2.70. The third-order valence-corrected chi connectivity index (χ3v) is 3.60. The molecule has 2 aromatic heterocycles. The summed E-state index contributed by atoms with van der Waals surface area (Å²) in [7, 11) is 3.51. The number of amides is 1. The van der Waals surface area contributed by atoms with Gasteiger partial charge in [-0.3, -0.25) is 9.48 Å². The zero-order valence-electron chi connectivity index (χ0n) is 11.9. The first-order chi connectivity index (χ1) is 10.2. The van der Waals surface area contributed by atoms with Crippen molar-refractivity contribution in [1.29, 1.82) is 0 Å². The largest absolute Gasteiger partial charge is 0.384 e. The Labute approximate surface area is 121 Å². The van der Waals surface area contributed by atoms with E-state index >= 15 is 0 Å². The molecule has 110 valence electrons. The minimum atomic E-state index is -0.0812. The number of methoxy groups -OCH3 is 1. The molecule has 1 atom stereocenters. The molecule has 1 aliphatic rings. The molecular weight excluding hydrogens is 272 g/mol. The molecule has 0 spiro atoms. The minimum absolute atomic E-state index is 0.0671. The molecular formula is C13H16N6O2. The summed E-state index contributed by atoms with van der Waals surface area (Å²) in [6.07, 6.45) is 2.98. The van der Waals surface area contributed by atoms with Crippen LogP contribution in [0.25, 0.3) is 0 Å². The monoisotopic (exact) mass is 288 g/mol. The lowest BCUT2D eigenvalue weighted by atomic mass is 9.98. The fourth-order valence-electron chi connectivity index (χ4n) is 2.70. The van der Waals surface area contributed by atoms with Crippen molar-refractivity contribution in [3.63, 3.8) is 0 Å². The highest BCUT2D eigenvalue weighted by atomic mass is 16.5. The summed E-state index contributed by atoms with van der Waals surface area (Å²) in [5.41, 5.74) is 2.38. The Hall–Kier alpha value is -2.35. The van der Waals surface area contributed by atoms with Crippen LogP contribution in [0.3, 0.4) is 0 Å². The van der Waals surface area contributed by atoms with Crippen LogP contribution in [0, 0.1) is 0 Å². The van der Waals surface area contributed by atoms with Crippen LogP contribution in [-0.4, -0.2) is 56.3 Å². The number of aromatic nitrogens is 5. The van der Waals surface area contributed by atoms with Crippen LogP contribution >= 0.6 is 0 Å². The Kier molecular flexibility index (Phi) is 3.61. The molecule has 21 heavy (non-hydrogen) atoms. The lowest BCUT2D eigenvalue weighted by molar-refractivity contribution is 0.0672. The maximum atomic E-state index is 12.5. The van der Waals surface area contributed by atoms with Gasteiger partial charge in [-0.05, 0) is 6.07 Å². The van der Waals surface area contributed by atoms with Crippen molar-refractivity contribution in [2.75, 3.05) is 20.3 Å². The first-order valence-corrected chi connectivity index (χ1v) is 6.64. The number of hydrogen-bond acceptors (Lipinski definition) is 6. The molecule has 1 aliphatic heterocycles. The minimum Gasteiger partial charge on any atom is -0.384 e. The van der Waals surface area contributed by atoms with Crippen molar-refractivity contribution in [3.8, 4) is 0 Å². The summed E-state index contributed by atoms with van der Waals surface area (Å²) in [5, 5.41) is 15.6. The summed E-state index contributed by atoms with van der Waals surface area (Å²) >= 11 is 0. The van der Waals surface area contributed by atoms with Gasteiger partial charge in [0.15, 0.2) is 0 Å². The number of nitrogens with zero attached hydrogens (tertiary/aromatic N) is 6. The van der Waals surface area contributed by atoms with Gasteiger partial charge in [-0.15, -0.1) is 5.10 Å². The Bertz CT molecular complexity index is 641. The lowest BCUT2D eigenvalue weighted by Crippen LogP contribution is -2.40. The number of carbonyl (C=O) groups is 1. The maximum Gasteiger partial charge on any atom is 0.255 e. The number of hydrogen-bond donors (Lipinski definition) is 0. The van der Waals surface area contributed by atoms with Gasteiger partial charge >= 0.3 is 0 Å². The quantitative estimate of drug-likeness (QED) is 0.789. The third kappa shape index (κ3) is 2.49. The topological polar surface area (TPSA) is 86.0 Å². The number of fused-ring (bicyclic) bond motifs is 1. The first-order valence-electron chi connectivity index (χ1n) is 6.64. The van der Waals surface area contributed by atoms with Crippen LogP contribution in [-0.2, 0) is 18.3 Å². The SMILES string of the molecule is COC[C@@H]1CN(C(=O)c2ccnnc2)Cc2nnn(C)c21. The van der Waals surface area contributed by atoms with E-state index in [0.29, 0.717) is 25.3 Å². The Morgan fingerprint density at radius 2 is 2.33 bits per heavy atom. The van der Waals surface area contributed by atoms with Gasteiger partial charge in [0.1, 0.15) is 5.69 Å². The number of ether oxygens (including phenoxy) is 1. The fraction of sp³-hybridized carbons (Fsp3) is 0.462. The number of rotatable bonds is 3. The van der Waals surface area contributed by atoms with E-state index in [4.69, 9.17) is 4.74 Å². The molecule has 8 nitrogen and oxygen atoms in total. The second-order valence-electron chi connectivity index (χ2n) is 5.01. The van der Waals surface area contributed by atoms with Gasteiger partial charge in [0.25, 0.3) is 5.91 Å². The second-order valence-corrected chi connectivity index (χ2v) is 5.01. The highest BCUT2D eigenvalue weighted by Crippen LogP contribution is 2.27. The van der Waals surface area contributed by atoms with Crippen LogP contribution in [0.2, 0.25) is 0 Å². The molecule has 1 amide bonds. The van der Waals surface area contributed by atoms with E-state index in [-0.39, 0.29) is 11.8 Å². The van der Waals surface area contributed by atoms with Crippen molar-refractivity contribution < 1.29 is 9.53 Å². The van der Waals surface area contributed by atoms with Crippen LogP contribution in [0.1, 0.15) is 27.7 Å². The van der Waals surface area contributed by atoms with Crippen LogP contribution in [0.4, 0.5) is 0 Å². The molecule has 3 heterocycles. The van der Waals surface area contributed by atoms with Crippen LogP contribution < -0.4 is 0 Å². The second kappa shape index (κ2) is 5.57. The van der Waals surface area contributed by atoms with Crippen LogP contribution in [0.5, 0.6) is 0 Å². The predicted molar refractivity (Wildman–Crippen MR) is 72.4 cm³/mol. The van der Waals surface area contributed by atoms with E-state index in [1.54, 1.807) is 22.8 Å². The number of carbonyl (C=O) groups excluding carboxylic acids is 1. The van der Waals surface area contributed by atoms with E-state index in [9.17, 15) is 4.79 Å². The summed E-state index contributed by atoms with van der Waals surface area (Å²) < 4.78 is 7.03. The van der Waals surface area contributed by atoms with Crippen LogP contribution in [0.15, 0.2) is 18.5 Å². The molecule has 0 saturated heterocycles. The van der Waals surface area contributed by atoms with Crippen molar-refractivity contribution in [2.45, 2.75) is 12.5 Å². The molecule has 0 saturated carbocycles. The summed E-state index contributed by atoms with van der Waals surface area (Å²) in [5.74, 6) is -0.0141. The van der Waals surface area contributed by atoms with Gasteiger partial charge in [0, 0.05) is 26.6 Å². The van der Waals surface area contributed by atoms with Gasteiger partial charge in [-0.1, -0.05) is 5.21 Å². The molecule has 2 aromatic rings. The van der Waals surface area contributed by atoms with Gasteiger partial charge in [0.2, 0.25) is 0 Å². The average Bonchev–Trinajstić information content (AvgIpc) is 2.89. The van der Waals surface area contributed by atoms with E-state index < -0.39 is 0 Å². The van der Waals surface area contributed by atoms with Crippen molar-refractivity contribution >= 4 is 5.91 Å². The van der Waals surface area contributed by atoms with Crippen molar-refractivity contribution in [2.24, 2.45) is 7.05 Å². The molecule has 0 fully saturated rings. The average molecular weight is 288 g/mol. The van der Waals surface area contributed by atoms with E-state index in [0.717, 1.165) is 11.4 Å². The van der Waals surface area contributed by atoms with Crippen molar-refractivity contribution in [1.82, 2.24) is 30.1 Å². The zero-order valence-corrected chi connectivity index (χ0v) is 11.9. The maximum absolute atomic E-state index is 12.5. The summed E-state index contributed by atoms with van der Waals surface area (Å²) in [4.78, 5) is 14.3. The molecule has 3 rings (SSSR count). The Morgan fingerprint density at radius 1 is 1.48 bits per heavy atom. The van der Waals surface area contributed by atoms with Gasteiger partial charge in [0.05, 0.1) is 36.8 Å². The standard InChI is InChI=1S/C13H16N6O2/c1-18-12-10(8-21-2)6-19(7-11(12)16-17-18)13(20)9-3-4-14-15-5-9/h3-5,10H,6-8H2,1-2H3/t10-/m0/s1. The van der Waals surface area contributed by atoms with Gasteiger partial charge in [-0.25, -0.2) is 0 Å². The molecule has 0 N–H and O–H groups in total. The smallest absolute Gasteiger partial charge is 0.255 e. The van der Waals surface area contributed by atoms with E-state index in [2.05, 4.69) is 20.5 Å². The molecule has 0 unspecified atom stereocenters. The summed E-state index contributed by atoms with van der Waals surface area (Å²) in [6.45, 7) is 1.54. The Morgan fingerprint density at radius 3 is 3.05 bits per heavy atom. The highest BCUT2D eigenvalue weighted by Gasteiger charge is 2.32. The van der Waals surface area contributed by atoms with Gasteiger partial charge < -0.3 is 9.64 Å². The molecule has 0 bridgehead atoms. The van der Waals surface area contributed by atoms with Crippen molar-refractivity contribution in [3.05, 3.63) is 35.4 Å². The number of aryl methyl sites for hydroxylation is 1. The van der Waals surface area contributed by atoms with E-state index in [1.165, 1.54) is 12.4 Å².